The molecule has 6 heteroatoms. The second kappa shape index (κ2) is 5.01. The van der Waals surface area contributed by atoms with Crippen molar-refractivity contribution in [1.29, 1.82) is 0 Å². The molecule has 16 heavy (non-hydrogen) atoms. The number of carboxylic acid groups (broad SMARTS) is 1. The average molecular weight is 221 g/mol. The van der Waals surface area contributed by atoms with Crippen molar-refractivity contribution in [3.63, 3.8) is 0 Å². The van der Waals surface area contributed by atoms with Gasteiger partial charge in [0.1, 0.15) is 11.9 Å². The van der Waals surface area contributed by atoms with Crippen LogP contribution in [0.1, 0.15) is 10.4 Å². The van der Waals surface area contributed by atoms with Crippen molar-refractivity contribution in [2.45, 2.75) is 0 Å². The molecule has 1 aromatic rings. The van der Waals surface area contributed by atoms with Gasteiger partial charge in [-0.15, -0.1) is 0 Å². The highest BCUT2D eigenvalue weighted by atomic mass is 16.4. The van der Waals surface area contributed by atoms with E-state index in [2.05, 4.69) is 9.97 Å². The number of hydrogen-bond donors (Lipinski definition) is 1. The number of carboxylic acids is 1. The minimum Gasteiger partial charge on any atom is -0.477 e. The number of ketones is 1. The van der Waals surface area contributed by atoms with Gasteiger partial charge in [0.05, 0.1) is 5.56 Å². The summed E-state index contributed by atoms with van der Waals surface area (Å²) in [4.78, 5) is 31.5. The Morgan fingerprint density at radius 2 is 1.88 bits per heavy atom. The lowest BCUT2D eigenvalue weighted by Gasteiger charge is -2.07. The van der Waals surface area contributed by atoms with Crippen LogP contribution in [0.4, 0.5) is 0 Å². The predicted molar refractivity (Wildman–Crippen MR) is 55.8 cm³/mol. The Morgan fingerprint density at radius 1 is 1.31 bits per heavy atom. The third-order valence-electron chi connectivity index (χ3n) is 1.69. The maximum absolute atomic E-state index is 11.8. The third-order valence-corrected chi connectivity index (χ3v) is 1.69. The Hall–Kier alpha value is -2.24. The zero-order chi connectivity index (χ0) is 12.1. The number of hydrogen-bond acceptors (Lipinski definition) is 5. The molecule has 1 heterocycles. The predicted octanol–water partition coefficient (Wildman–Crippen LogP) is 0.189. The number of aliphatic carboxylic acids is 1. The van der Waals surface area contributed by atoms with E-state index in [9.17, 15) is 9.59 Å². The Labute approximate surface area is 92.2 Å². The van der Waals surface area contributed by atoms with E-state index in [1.54, 1.807) is 14.1 Å². The summed E-state index contributed by atoms with van der Waals surface area (Å²) in [6, 6.07) is 0. The molecule has 6 nitrogen and oxygen atoms in total. The minimum absolute atomic E-state index is 0.151. The van der Waals surface area contributed by atoms with Gasteiger partial charge in [-0.05, 0) is 0 Å². The molecule has 0 aliphatic carbocycles. The van der Waals surface area contributed by atoms with Gasteiger partial charge < -0.3 is 10.0 Å². The standard InChI is InChI=1S/C10H11N3O3/c1-13(2)5-8(10(15)16)9(14)7-3-11-6-12-4-7/h3-6H,1-2H3,(H,15,16). The van der Waals surface area contributed by atoms with Gasteiger partial charge in [-0.3, -0.25) is 4.79 Å². The first-order valence-electron chi connectivity index (χ1n) is 4.43. The maximum Gasteiger partial charge on any atom is 0.341 e. The van der Waals surface area contributed by atoms with Crippen LogP contribution in [0.2, 0.25) is 0 Å². The molecule has 0 saturated heterocycles. The van der Waals surface area contributed by atoms with Gasteiger partial charge in [-0.25, -0.2) is 14.8 Å². The molecule has 0 aliphatic rings. The lowest BCUT2D eigenvalue weighted by atomic mass is 10.1. The Bertz CT molecular complexity index is 426. The second-order valence-electron chi connectivity index (χ2n) is 3.27. The molecule has 0 aliphatic heterocycles. The minimum atomic E-state index is -1.28. The molecule has 0 radical (unpaired) electrons. The highest BCUT2D eigenvalue weighted by Crippen LogP contribution is 2.07. The van der Waals surface area contributed by atoms with Crippen LogP contribution in [0.5, 0.6) is 0 Å². The van der Waals surface area contributed by atoms with E-state index in [-0.39, 0.29) is 11.1 Å². The molecule has 84 valence electrons. The van der Waals surface area contributed by atoms with E-state index in [1.807, 2.05) is 0 Å². The van der Waals surface area contributed by atoms with Crippen LogP contribution < -0.4 is 0 Å². The smallest absolute Gasteiger partial charge is 0.341 e. The lowest BCUT2D eigenvalue weighted by molar-refractivity contribution is -0.132. The second-order valence-corrected chi connectivity index (χ2v) is 3.27. The summed E-state index contributed by atoms with van der Waals surface area (Å²) in [6.45, 7) is 0. The molecule has 1 N–H and O–H groups in total. The molecule has 0 spiro atoms. The maximum atomic E-state index is 11.8. The lowest BCUT2D eigenvalue weighted by Crippen LogP contribution is -2.17. The van der Waals surface area contributed by atoms with Gasteiger partial charge in [0.2, 0.25) is 5.78 Å². The van der Waals surface area contributed by atoms with Crippen molar-refractivity contribution >= 4 is 11.8 Å². The van der Waals surface area contributed by atoms with Crippen molar-refractivity contribution in [3.05, 3.63) is 36.1 Å². The highest BCUT2D eigenvalue weighted by molar-refractivity contribution is 6.23. The van der Waals surface area contributed by atoms with Crippen molar-refractivity contribution in [2.75, 3.05) is 14.1 Å². The number of nitrogens with zero attached hydrogens (tertiary/aromatic N) is 3. The fourth-order valence-electron chi connectivity index (χ4n) is 1.04. The number of Topliss-reactive ketones (excluding diaryl/α,β-unsaturated/α-hetero) is 1. The van der Waals surface area contributed by atoms with E-state index in [1.165, 1.54) is 29.8 Å². The first-order valence-corrected chi connectivity index (χ1v) is 4.43. The van der Waals surface area contributed by atoms with E-state index in [0.717, 1.165) is 0 Å². The van der Waals surface area contributed by atoms with E-state index >= 15 is 0 Å². The molecule has 0 bridgehead atoms. The average Bonchev–Trinajstić information content (AvgIpc) is 2.25. The summed E-state index contributed by atoms with van der Waals surface area (Å²) in [7, 11) is 3.27. The molecule has 0 amide bonds. The van der Waals surface area contributed by atoms with Gasteiger partial charge in [0.15, 0.2) is 0 Å². The normalized spacial score (nSPS) is 11.0. The first kappa shape index (κ1) is 11.8. The Morgan fingerprint density at radius 3 is 2.31 bits per heavy atom. The summed E-state index contributed by atoms with van der Waals surface area (Å²) in [5.41, 5.74) is -0.169. The van der Waals surface area contributed by atoms with Crippen LogP contribution in [-0.2, 0) is 4.79 Å². The van der Waals surface area contributed by atoms with Gasteiger partial charge in [-0.2, -0.15) is 0 Å². The summed E-state index contributed by atoms with van der Waals surface area (Å²) in [5, 5.41) is 8.90. The number of rotatable bonds is 4. The molecule has 0 aromatic carbocycles. The number of aromatic nitrogens is 2. The van der Waals surface area contributed by atoms with Gasteiger partial charge in [0.25, 0.3) is 0 Å². The van der Waals surface area contributed by atoms with Gasteiger partial charge in [-0.1, -0.05) is 0 Å². The molecule has 0 fully saturated rings. The largest absolute Gasteiger partial charge is 0.477 e. The van der Waals surface area contributed by atoms with Crippen molar-refractivity contribution in [3.8, 4) is 0 Å². The third kappa shape index (κ3) is 2.88. The summed E-state index contributed by atoms with van der Waals surface area (Å²) in [5.74, 6) is -1.88. The molecule has 1 rings (SSSR count). The molecular formula is C10H11N3O3. The van der Waals surface area contributed by atoms with Crippen LogP contribution in [0.15, 0.2) is 30.5 Å². The van der Waals surface area contributed by atoms with Crippen molar-refractivity contribution in [1.82, 2.24) is 14.9 Å². The molecule has 0 unspecified atom stereocenters. The van der Waals surface area contributed by atoms with Crippen LogP contribution in [-0.4, -0.2) is 45.8 Å². The van der Waals surface area contributed by atoms with Gasteiger partial charge >= 0.3 is 5.97 Å². The van der Waals surface area contributed by atoms with E-state index in [4.69, 9.17) is 5.11 Å². The SMILES string of the molecule is CN(C)C=C(C(=O)O)C(=O)c1cncnc1. The monoisotopic (exact) mass is 221 g/mol. The topological polar surface area (TPSA) is 83.4 Å². The molecule has 1 aromatic heterocycles. The first-order chi connectivity index (χ1) is 7.52. The fraction of sp³-hybridized carbons (Fsp3) is 0.200. The quantitative estimate of drug-likeness (QED) is 0.338. The van der Waals surface area contributed by atoms with Crippen LogP contribution in [0.25, 0.3) is 0 Å². The zero-order valence-corrected chi connectivity index (χ0v) is 8.91. The fourth-order valence-corrected chi connectivity index (χ4v) is 1.04. The number of carbonyl (C=O) groups excluding carboxylic acids is 1. The van der Waals surface area contributed by atoms with Crippen LogP contribution >= 0.6 is 0 Å². The van der Waals surface area contributed by atoms with Crippen LogP contribution in [0, 0.1) is 0 Å². The number of carbonyl (C=O) groups is 2. The van der Waals surface area contributed by atoms with E-state index < -0.39 is 11.8 Å². The molecule has 0 saturated carbocycles. The van der Waals surface area contributed by atoms with Crippen molar-refractivity contribution < 1.29 is 14.7 Å². The zero-order valence-electron chi connectivity index (χ0n) is 8.91. The van der Waals surface area contributed by atoms with Gasteiger partial charge in [0, 0.05) is 32.7 Å². The Balaban J connectivity index is 3.07. The van der Waals surface area contributed by atoms with E-state index in [0.29, 0.717) is 0 Å². The summed E-state index contributed by atoms with van der Waals surface area (Å²) < 4.78 is 0. The molecule has 0 atom stereocenters. The highest BCUT2D eigenvalue weighted by Gasteiger charge is 2.19. The molecular weight excluding hydrogens is 210 g/mol. The Kier molecular flexibility index (Phi) is 3.71. The summed E-state index contributed by atoms with van der Waals surface area (Å²) >= 11 is 0. The summed E-state index contributed by atoms with van der Waals surface area (Å²) in [6.07, 6.45) is 5.08. The van der Waals surface area contributed by atoms with Crippen LogP contribution in [0.3, 0.4) is 0 Å². The van der Waals surface area contributed by atoms with Crippen molar-refractivity contribution in [2.24, 2.45) is 0 Å².